The van der Waals surface area contributed by atoms with E-state index in [0.29, 0.717) is 19.0 Å². The normalized spacial score (nSPS) is 19.5. The summed E-state index contributed by atoms with van der Waals surface area (Å²) in [6.45, 7) is 6.03. The average molecular weight is 264 g/mol. The van der Waals surface area contributed by atoms with Gasteiger partial charge in [-0.2, -0.15) is 5.10 Å². The first kappa shape index (κ1) is 13.7. The van der Waals surface area contributed by atoms with Crippen LogP contribution in [0.25, 0.3) is 0 Å². The van der Waals surface area contributed by atoms with Crippen molar-refractivity contribution in [2.75, 3.05) is 24.5 Å². The van der Waals surface area contributed by atoms with E-state index in [4.69, 9.17) is 5.73 Å². The SMILES string of the molecule is CCc1nnc(N2CCNCC2C(N)=O)nc1CC. The van der Waals surface area contributed by atoms with E-state index >= 15 is 0 Å². The molecule has 2 rings (SSSR count). The van der Waals surface area contributed by atoms with Crippen LogP contribution in [0, 0.1) is 0 Å². The summed E-state index contributed by atoms with van der Waals surface area (Å²) in [5.41, 5.74) is 7.28. The maximum absolute atomic E-state index is 11.5. The Labute approximate surface area is 112 Å². The molecule has 0 saturated carbocycles. The molecule has 1 aromatic heterocycles. The molecule has 1 unspecified atom stereocenters. The van der Waals surface area contributed by atoms with Crippen molar-refractivity contribution in [1.82, 2.24) is 20.5 Å². The lowest BCUT2D eigenvalue weighted by Crippen LogP contribution is -2.57. The monoisotopic (exact) mass is 264 g/mol. The first-order valence-corrected chi connectivity index (χ1v) is 6.66. The Morgan fingerprint density at radius 3 is 2.74 bits per heavy atom. The lowest BCUT2D eigenvalue weighted by molar-refractivity contribution is -0.119. The number of carbonyl (C=O) groups excluding carboxylic acids is 1. The number of hydrogen-bond acceptors (Lipinski definition) is 6. The summed E-state index contributed by atoms with van der Waals surface area (Å²) in [7, 11) is 0. The van der Waals surface area contributed by atoms with Crippen LogP contribution in [0.3, 0.4) is 0 Å². The second-order valence-electron chi connectivity index (χ2n) is 4.53. The van der Waals surface area contributed by atoms with Gasteiger partial charge in [0.05, 0.1) is 11.4 Å². The Morgan fingerprint density at radius 2 is 2.11 bits per heavy atom. The van der Waals surface area contributed by atoms with Gasteiger partial charge in [-0.15, -0.1) is 5.10 Å². The predicted octanol–water partition coefficient (Wildman–Crippen LogP) is -0.740. The fraction of sp³-hybridized carbons (Fsp3) is 0.667. The molecule has 19 heavy (non-hydrogen) atoms. The molecule has 0 aliphatic carbocycles. The molecule has 1 amide bonds. The maximum atomic E-state index is 11.5. The molecule has 2 heterocycles. The first-order valence-electron chi connectivity index (χ1n) is 6.66. The number of rotatable bonds is 4. The van der Waals surface area contributed by atoms with Gasteiger partial charge in [-0.25, -0.2) is 4.98 Å². The van der Waals surface area contributed by atoms with Crippen LogP contribution in [-0.2, 0) is 17.6 Å². The third-order valence-corrected chi connectivity index (χ3v) is 3.33. The highest BCUT2D eigenvalue weighted by Crippen LogP contribution is 2.14. The highest BCUT2D eigenvalue weighted by atomic mass is 16.1. The average Bonchev–Trinajstić information content (AvgIpc) is 2.46. The van der Waals surface area contributed by atoms with Crippen LogP contribution in [0.15, 0.2) is 0 Å². The first-order chi connectivity index (χ1) is 9.17. The van der Waals surface area contributed by atoms with E-state index in [-0.39, 0.29) is 5.91 Å². The van der Waals surface area contributed by atoms with Gasteiger partial charge in [0, 0.05) is 19.6 Å². The van der Waals surface area contributed by atoms with Crippen molar-refractivity contribution >= 4 is 11.9 Å². The molecule has 7 nitrogen and oxygen atoms in total. The molecule has 7 heteroatoms. The van der Waals surface area contributed by atoms with Crippen molar-refractivity contribution in [3.63, 3.8) is 0 Å². The van der Waals surface area contributed by atoms with Gasteiger partial charge in [-0.05, 0) is 12.8 Å². The molecule has 104 valence electrons. The molecule has 0 spiro atoms. The lowest BCUT2D eigenvalue weighted by atomic mass is 10.2. The van der Waals surface area contributed by atoms with Crippen LogP contribution in [0.4, 0.5) is 5.95 Å². The van der Waals surface area contributed by atoms with Gasteiger partial charge >= 0.3 is 0 Å². The van der Waals surface area contributed by atoms with Gasteiger partial charge in [-0.3, -0.25) is 4.79 Å². The Balaban J connectivity index is 2.31. The van der Waals surface area contributed by atoms with Crippen LogP contribution in [0.1, 0.15) is 25.2 Å². The highest BCUT2D eigenvalue weighted by molar-refractivity contribution is 5.83. The number of nitrogens with zero attached hydrogens (tertiary/aromatic N) is 4. The zero-order valence-electron chi connectivity index (χ0n) is 11.4. The Bertz CT molecular complexity index is 464. The van der Waals surface area contributed by atoms with Gasteiger partial charge < -0.3 is 16.0 Å². The molecule has 1 saturated heterocycles. The quantitative estimate of drug-likeness (QED) is 0.743. The van der Waals surface area contributed by atoms with Crippen LogP contribution in [0.2, 0.25) is 0 Å². The molecule has 1 fully saturated rings. The van der Waals surface area contributed by atoms with E-state index in [9.17, 15) is 4.79 Å². The van der Waals surface area contributed by atoms with Gasteiger partial charge in [-0.1, -0.05) is 13.8 Å². The molecule has 1 aromatic rings. The molecule has 0 radical (unpaired) electrons. The minimum Gasteiger partial charge on any atom is -0.368 e. The molecule has 1 aliphatic rings. The third-order valence-electron chi connectivity index (χ3n) is 3.33. The van der Waals surface area contributed by atoms with E-state index < -0.39 is 6.04 Å². The molecule has 0 aromatic carbocycles. The Morgan fingerprint density at radius 1 is 1.37 bits per heavy atom. The molecule has 0 bridgehead atoms. The van der Waals surface area contributed by atoms with E-state index in [2.05, 4.69) is 20.5 Å². The highest BCUT2D eigenvalue weighted by Gasteiger charge is 2.29. The van der Waals surface area contributed by atoms with Gasteiger partial charge in [0.2, 0.25) is 11.9 Å². The van der Waals surface area contributed by atoms with Crippen molar-refractivity contribution in [3.8, 4) is 0 Å². The molecular formula is C12H20N6O. The summed E-state index contributed by atoms with van der Waals surface area (Å²) < 4.78 is 0. The summed E-state index contributed by atoms with van der Waals surface area (Å²) in [4.78, 5) is 17.9. The van der Waals surface area contributed by atoms with Gasteiger partial charge in [0.1, 0.15) is 6.04 Å². The fourth-order valence-corrected chi connectivity index (χ4v) is 2.25. The molecular weight excluding hydrogens is 244 g/mol. The maximum Gasteiger partial charge on any atom is 0.246 e. The number of piperazine rings is 1. The lowest BCUT2D eigenvalue weighted by Gasteiger charge is -2.34. The molecule has 3 N–H and O–H groups in total. The second-order valence-corrected chi connectivity index (χ2v) is 4.53. The summed E-state index contributed by atoms with van der Waals surface area (Å²) in [6.07, 6.45) is 1.61. The number of anilines is 1. The van der Waals surface area contributed by atoms with Crippen molar-refractivity contribution < 1.29 is 4.79 Å². The predicted molar refractivity (Wildman–Crippen MR) is 71.8 cm³/mol. The number of amides is 1. The summed E-state index contributed by atoms with van der Waals surface area (Å²) >= 11 is 0. The van der Waals surface area contributed by atoms with Crippen molar-refractivity contribution in [2.24, 2.45) is 5.73 Å². The summed E-state index contributed by atoms with van der Waals surface area (Å²) in [6, 6.07) is -0.410. The van der Waals surface area contributed by atoms with Crippen LogP contribution in [0.5, 0.6) is 0 Å². The van der Waals surface area contributed by atoms with E-state index in [1.165, 1.54) is 0 Å². The number of primary amides is 1. The molecule has 1 atom stereocenters. The number of hydrogen-bond donors (Lipinski definition) is 2. The minimum atomic E-state index is -0.410. The second kappa shape index (κ2) is 5.92. The van der Waals surface area contributed by atoms with E-state index in [0.717, 1.165) is 30.8 Å². The smallest absolute Gasteiger partial charge is 0.246 e. The topological polar surface area (TPSA) is 97.0 Å². The van der Waals surface area contributed by atoms with E-state index in [1.54, 1.807) is 0 Å². The van der Waals surface area contributed by atoms with E-state index in [1.807, 2.05) is 18.7 Å². The van der Waals surface area contributed by atoms with Crippen LogP contribution >= 0.6 is 0 Å². The van der Waals surface area contributed by atoms with Crippen molar-refractivity contribution in [3.05, 3.63) is 11.4 Å². The van der Waals surface area contributed by atoms with Gasteiger partial charge in [0.15, 0.2) is 0 Å². The third kappa shape index (κ3) is 2.81. The zero-order chi connectivity index (χ0) is 13.8. The van der Waals surface area contributed by atoms with Crippen molar-refractivity contribution in [1.29, 1.82) is 0 Å². The molecule has 1 aliphatic heterocycles. The standard InChI is InChI=1S/C12H20N6O/c1-3-8-9(4-2)16-17-12(15-8)18-6-5-14-7-10(18)11(13)19/h10,14H,3-7H2,1-2H3,(H2,13,19). The summed E-state index contributed by atoms with van der Waals surface area (Å²) in [5, 5.41) is 11.5. The number of aromatic nitrogens is 3. The fourth-order valence-electron chi connectivity index (χ4n) is 2.25. The van der Waals surface area contributed by atoms with Crippen LogP contribution < -0.4 is 16.0 Å². The zero-order valence-corrected chi connectivity index (χ0v) is 11.4. The number of nitrogens with one attached hydrogen (secondary N) is 1. The van der Waals surface area contributed by atoms with Crippen molar-refractivity contribution in [2.45, 2.75) is 32.7 Å². The number of carbonyl (C=O) groups is 1. The number of aryl methyl sites for hydroxylation is 2. The Hall–Kier alpha value is -1.76. The van der Waals surface area contributed by atoms with Crippen LogP contribution in [-0.4, -0.2) is 46.8 Å². The largest absolute Gasteiger partial charge is 0.368 e. The Kier molecular flexibility index (Phi) is 4.26. The van der Waals surface area contributed by atoms with Gasteiger partial charge in [0.25, 0.3) is 0 Å². The minimum absolute atomic E-state index is 0.367. The summed E-state index contributed by atoms with van der Waals surface area (Å²) in [5.74, 6) is 0.132. The number of nitrogens with two attached hydrogens (primary N) is 1.